The van der Waals surface area contributed by atoms with Crippen molar-refractivity contribution in [3.8, 4) is 22.9 Å². The van der Waals surface area contributed by atoms with E-state index in [1.807, 2.05) is 23.8 Å². The molecule has 26 heavy (non-hydrogen) atoms. The molecule has 2 heterocycles. The van der Waals surface area contributed by atoms with Crippen LogP contribution in [-0.4, -0.2) is 47.3 Å². The van der Waals surface area contributed by atoms with Crippen molar-refractivity contribution in [1.29, 1.82) is 0 Å². The van der Waals surface area contributed by atoms with Crippen LogP contribution in [0.1, 0.15) is 19.5 Å². The van der Waals surface area contributed by atoms with E-state index in [4.69, 9.17) is 15.2 Å². The van der Waals surface area contributed by atoms with Gasteiger partial charge in [-0.15, -0.1) is 0 Å². The first-order chi connectivity index (χ1) is 12.7. The van der Waals surface area contributed by atoms with Gasteiger partial charge in [-0.1, -0.05) is 0 Å². The number of benzene rings is 1. The molecule has 0 aliphatic carbocycles. The molecule has 136 valence electrons. The number of carbonyl (C=O) groups excluding carboxylic acids is 1. The van der Waals surface area contributed by atoms with E-state index in [0.29, 0.717) is 42.7 Å². The van der Waals surface area contributed by atoms with E-state index < -0.39 is 6.10 Å². The number of nitrogens with zero attached hydrogens (tertiary/aromatic N) is 4. The molecule has 8 nitrogen and oxygen atoms in total. The third kappa shape index (κ3) is 3.58. The topological polar surface area (TPSA) is 104 Å². The molecular weight excluding hydrogens is 334 g/mol. The summed E-state index contributed by atoms with van der Waals surface area (Å²) < 4.78 is 13.4. The van der Waals surface area contributed by atoms with Crippen LogP contribution in [0.25, 0.3) is 11.4 Å². The first-order valence-electron chi connectivity index (χ1n) is 8.41. The van der Waals surface area contributed by atoms with Crippen LogP contribution in [-0.2, 0) is 11.3 Å². The largest absolute Gasteiger partial charge is 0.491 e. The van der Waals surface area contributed by atoms with Gasteiger partial charge in [-0.2, -0.15) is 0 Å². The van der Waals surface area contributed by atoms with Crippen LogP contribution in [0.15, 0.2) is 34.4 Å². The van der Waals surface area contributed by atoms with Gasteiger partial charge in [-0.25, -0.2) is 9.98 Å². The lowest BCUT2D eigenvalue weighted by molar-refractivity contribution is -0.113. The molecule has 0 saturated carbocycles. The number of imidazole rings is 1. The Balaban J connectivity index is 2.00. The number of fused-ring (bicyclic) bond motifs is 3. The second-order valence-corrected chi connectivity index (χ2v) is 5.68. The van der Waals surface area contributed by atoms with Gasteiger partial charge < -0.3 is 19.8 Å². The molecule has 0 bridgehead atoms. The predicted molar refractivity (Wildman–Crippen MR) is 99.1 cm³/mol. The van der Waals surface area contributed by atoms with Gasteiger partial charge in [0.1, 0.15) is 29.6 Å². The Hall–Kier alpha value is -3.16. The van der Waals surface area contributed by atoms with Gasteiger partial charge in [0, 0.05) is 18.8 Å². The van der Waals surface area contributed by atoms with Crippen molar-refractivity contribution in [2.24, 2.45) is 15.7 Å². The van der Waals surface area contributed by atoms with E-state index in [2.05, 4.69) is 15.0 Å². The summed E-state index contributed by atoms with van der Waals surface area (Å²) in [6, 6.07) is 5.45. The Labute approximate surface area is 151 Å². The lowest BCUT2D eigenvalue weighted by Gasteiger charge is -2.12. The molecule has 0 spiro atoms. The summed E-state index contributed by atoms with van der Waals surface area (Å²) in [5, 5.41) is 0. The quantitative estimate of drug-likeness (QED) is 0.499. The van der Waals surface area contributed by atoms with E-state index in [9.17, 15) is 4.79 Å². The average molecular weight is 355 g/mol. The molecule has 1 atom stereocenters. The average Bonchev–Trinajstić information content (AvgIpc) is 2.98. The Kier molecular flexibility index (Phi) is 5.31. The maximum atomic E-state index is 10.8. The summed E-state index contributed by atoms with van der Waals surface area (Å²) >= 11 is 0. The van der Waals surface area contributed by atoms with Crippen molar-refractivity contribution >= 4 is 18.5 Å². The molecule has 0 saturated heterocycles. The molecule has 2 aromatic rings. The van der Waals surface area contributed by atoms with Crippen LogP contribution in [0.2, 0.25) is 0 Å². The maximum Gasteiger partial charge on any atom is 0.176 e. The van der Waals surface area contributed by atoms with Crippen molar-refractivity contribution in [2.75, 3.05) is 13.2 Å². The van der Waals surface area contributed by atoms with Crippen LogP contribution in [0, 0.1) is 0 Å². The summed E-state index contributed by atoms with van der Waals surface area (Å²) in [4.78, 5) is 23.9. The number of rotatable bonds is 5. The Morgan fingerprint density at radius 3 is 3.12 bits per heavy atom. The molecule has 0 unspecified atom stereocenters. The fourth-order valence-electron chi connectivity index (χ4n) is 2.69. The fourth-order valence-corrected chi connectivity index (χ4v) is 2.69. The summed E-state index contributed by atoms with van der Waals surface area (Å²) in [5.41, 5.74) is 6.92. The van der Waals surface area contributed by atoms with Gasteiger partial charge in [-0.3, -0.25) is 9.79 Å². The van der Waals surface area contributed by atoms with Crippen molar-refractivity contribution in [1.82, 2.24) is 9.55 Å². The first kappa shape index (κ1) is 17.7. The van der Waals surface area contributed by atoms with Crippen molar-refractivity contribution in [3.05, 3.63) is 30.1 Å². The number of hydrogen-bond acceptors (Lipinski definition) is 5. The highest BCUT2D eigenvalue weighted by atomic mass is 16.5. The smallest absolute Gasteiger partial charge is 0.176 e. The molecule has 1 aromatic carbocycles. The third-order valence-electron chi connectivity index (χ3n) is 3.81. The third-order valence-corrected chi connectivity index (χ3v) is 3.81. The first-order valence-corrected chi connectivity index (χ1v) is 8.41. The number of aromatic nitrogens is 2. The van der Waals surface area contributed by atoms with Crippen molar-refractivity contribution < 1.29 is 14.3 Å². The molecule has 1 aromatic heterocycles. The van der Waals surface area contributed by atoms with E-state index >= 15 is 0 Å². The Bertz CT molecular complexity index is 857. The SMILES string of the molecule is CCN=C(N=CN)c1cn2c(n1)-c1ccc(O[C@@H](C)C=O)cc1OCC2. The molecule has 1 aliphatic heterocycles. The van der Waals surface area contributed by atoms with Gasteiger partial charge in [0.05, 0.1) is 18.4 Å². The van der Waals surface area contributed by atoms with Crippen LogP contribution in [0.5, 0.6) is 11.5 Å². The number of hydrogen-bond donors (Lipinski definition) is 1. The predicted octanol–water partition coefficient (Wildman–Crippen LogP) is 1.66. The minimum absolute atomic E-state index is 0.489. The van der Waals surface area contributed by atoms with Gasteiger partial charge in [0.25, 0.3) is 0 Å². The summed E-state index contributed by atoms with van der Waals surface area (Å²) in [6.45, 7) is 5.33. The van der Waals surface area contributed by atoms with Gasteiger partial charge in [0.2, 0.25) is 0 Å². The van der Waals surface area contributed by atoms with Crippen molar-refractivity contribution in [3.63, 3.8) is 0 Å². The zero-order chi connectivity index (χ0) is 18.5. The second-order valence-electron chi connectivity index (χ2n) is 5.68. The summed E-state index contributed by atoms with van der Waals surface area (Å²) in [5.74, 6) is 2.49. The van der Waals surface area contributed by atoms with Crippen LogP contribution < -0.4 is 15.2 Å². The van der Waals surface area contributed by atoms with E-state index in [0.717, 1.165) is 17.7 Å². The fraction of sp³-hybridized carbons (Fsp3) is 0.333. The highest BCUT2D eigenvalue weighted by Crippen LogP contribution is 2.35. The summed E-state index contributed by atoms with van der Waals surface area (Å²) in [6.07, 6.45) is 3.34. The van der Waals surface area contributed by atoms with Crippen LogP contribution in [0.3, 0.4) is 0 Å². The highest BCUT2D eigenvalue weighted by molar-refractivity contribution is 6.01. The second kappa shape index (κ2) is 7.81. The minimum Gasteiger partial charge on any atom is -0.491 e. The van der Waals surface area contributed by atoms with E-state index in [1.165, 1.54) is 6.34 Å². The monoisotopic (exact) mass is 355 g/mol. The molecule has 8 heteroatoms. The number of carbonyl (C=O) groups is 1. The lowest BCUT2D eigenvalue weighted by Crippen LogP contribution is -2.12. The highest BCUT2D eigenvalue weighted by Gasteiger charge is 2.21. The Morgan fingerprint density at radius 2 is 2.38 bits per heavy atom. The number of ether oxygens (including phenoxy) is 2. The molecular formula is C18H21N5O3. The zero-order valence-electron chi connectivity index (χ0n) is 14.8. The summed E-state index contributed by atoms with van der Waals surface area (Å²) in [7, 11) is 0. The van der Waals surface area contributed by atoms with Gasteiger partial charge in [-0.05, 0) is 26.0 Å². The number of amidine groups is 1. The van der Waals surface area contributed by atoms with Crippen LogP contribution in [0.4, 0.5) is 0 Å². The molecule has 0 radical (unpaired) electrons. The van der Waals surface area contributed by atoms with Gasteiger partial charge >= 0.3 is 0 Å². The normalized spacial score (nSPS) is 14.9. The molecule has 1 aliphatic rings. The van der Waals surface area contributed by atoms with E-state index in [-0.39, 0.29) is 0 Å². The molecule has 3 rings (SSSR count). The molecule has 2 N–H and O–H groups in total. The number of nitrogens with two attached hydrogens (primary N) is 1. The zero-order valence-corrected chi connectivity index (χ0v) is 14.8. The Morgan fingerprint density at radius 1 is 1.54 bits per heavy atom. The molecule has 0 amide bonds. The minimum atomic E-state index is -0.519. The molecule has 0 fully saturated rings. The van der Waals surface area contributed by atoms with Crippen LogP contribution >= 0.6 is 0 Å². The number of aliphatic imine (C=N–C) groups is 2. The standard InChI is InChI=1S/C18H21N5O3/c1-3-20-17(21-11-19)15-9-23-6-7-25-16-8-13(26-12(2)10-24)4-5-14(16)18(23)22-15/h4-5,8-12H,3,6-7H2,1-2H3,(H2,19,20,21)/t12-/m0/s1. The maximum absolute atomic E-state index is 10.8. The lowest BCUT2D eigenvalue weighted by atomic mass is 10.2. The van der Waals surface area contributed by atoms with E-state index in [1.54, 1.807) is 19.1 Å². The number of aldehydes is 1. The van der Waals surface area contributed by atoms with Crippen molar-refractivity contribution in [2.45, 2.75) is 26.5 Å². The van der Waals surface area contributed by atoms with Gasteiger partial charge in [0.15, 0.2) is 18.2 Å².